The van der Waals surface area contributed by atoms with Crippen LogP contribution < -0.4 is 0 Å². The molecule has 1 saturated carbocycles. The highest BCUT2D eigenvalue weighted by Gasteiger charge is 2.34. The maximum absolute atomic E-state index is 10.1. The van der Waals surface area contributed by atoms with E-state index in [-0.39, 0.29) is 0 Å². The van der Waals surface area contributed by atoms with Gasteiger partial charge in [-0.2, -0.15) is 0 Å². The van der Waals surface area contributed by atoms with Crippen LogP contribution in [0.25, 0.3) is 0 Å². The lowest BCUT2D eigenvalue weighted by Gasteiger charge is -2.34. The fourth-order valence-corrected chi connectivity index (χ4v) is 2.11. The van der Waals surface area contributed by atoms with Crippen molar-refractivity contribution in [3.05, 3.63) is 35.9 Å². The second kappa shape index (κ2) is 4.95. The molecule has 1 aromatic rings. The van der Waals surface area contributed by atoms with Crippen molar-refractivity contribution < 1.29 is 14.9 Å². The summed E-state index contributed by atoms with van der Waals surface area (Å²) in [5, 5.41) is 19.6. The van der Waals surface area contributed by atoms with E-state index in [1.165, 1.54) is 0 Å². The van der Waals surface area contributed by atoms with E-state index < -0.39 is 11.9 Å². The molecule has 0 aromatic heterocycles. The predicted molar refractivity (Wildman–Crippen MR) is 60.7 cm³/mol. The summed E-state index contributed by atoms with van der Waals surface area (Å²) in [6.07, 6.45) is 2.06. The van der Waals surface area contributed by atoms with Crippen molar-refractivity contribution in [3.8, 4) is 0 Å². The monoisotopic (exact) mass is 222 g/mol. The molecule has 0 aliphatic heterocycles. The maximum Gasteiger partial charge on any atom is 0.168 e. The molecule has 3 heteroatoms. The van der Waals surface area contributed by atoms with E-state index in [4.69, 9.17) is 4.74 Å². The minimum Gasteiger partial charge on any atom is -0.393 e. The normalized spacial score (nSPS) is 30.2. The summed E-state index contributed by atoms with van der Waals surface area (Å²) in [4.78, 5) is 0. The molecule has 0 bridgehead atoms. The molecule has 2 atom stereocenters. The summed E-state index contributed by atoms with van der Waals surface area (Å²) in [6, 6.07) is 9.75. The van der Waals surface area contributed by atoms with E-state index in [0.717, 1.165) is 18.4 Å². The van der Waals surface area contributed by atoms with Crippen LogP contribution in [-0.2, 0) is 11.3 Å². The van der Waals surface area contributed by atoms with Crippen molar-refractivity contribution in [1.29, 1.82) is 0 Å². The van der Waals surface area contributed by atoms with E-state index >= 15 is 0 Å². The molecule has 1 fully saturated rings. The van der Waals surface area contributed by atoms with E-state index in [0.29, 0.717) is 19.4 Å². The topological polar surface area (TPSA) is 49.7 Å². The average molecular weight is 222 g/mol. The van der Waals surface area contributed by atoms with Crippen LogP contribution >= 0.6 is 0 Å². The maximum atomic E-state index is 10.1. The zero-order valence-electron chi connectivity index (χ0n) is 9.30. The summed E-state index contributed by atoms with van der Waals surface area (Å²) < 4.78 is 5.52. The summed E-state index contributed by atoms with van der Waals surface area (Å²) in [5.74, 6) is -1.15. The summed E-state index contributed by atoms with van der Waals surface area (Å²) in [6.45, 7) is 0.393. The molecule has 0 heterocycles. The van der Waals surface area contributed by atoms with Crippen LogP contribution in [0.3, 0.4) is 0 Å². The van der Waals surface area contributed by atoms with Crippen molar-refractivity contribution in [2.24, 2.45) is 0 Å². The molecule has 0 radical (unpaired) electrons. The second-order valence-corrected chi connectivity index (χ2v) is 4.47. The Morgan fingerprint density at radius 2 is 2.06 bits per heavy atom. The highest BCUT2D eigenvalue weighted by Crippen LogP contribution is 2.30. The zero-order valence-corrected chi connectivity index (χ0v) is 9.30. The fourth-order valence-electron chi connectivity index (χ4n) is 2.11. The predicted octanol–water partition coefficient (Wildman–Crippen LogP) is 1.83. The van der Waals surface area contributed by atoms with Gasteiger partial charge in [0.2, 0.25) is 0 Å². The molecule has 2 rings (SSSR count). The first-order valence-electron chi connectivity index (χ1n) is 5.76. The molecule has 1 aliphatic rings. The van der Waals surface area contributed by atoms with Gasteiger partial charge >= 0.3 is 0 Å². The molecule has 16 heavy (non-hydrogen) atoms. The molecular formula is C13H18O3. The Bertz CT molecular complexity index is 325. The van der Waals surface area contributed by atoms with Gasteiger partial charge in [-0.25, -0.2) is 0 Å². The number of hydrogen-bond acceptors (Lipinski definition) is 3. The Labute approximate surface area is 95.7 Å². The van der Waals surface area contributed by atoms with Gasteiger partial charge in [-0.3, -0.25) is 0 Å². The molecule has 88 valence electrons. The van der Waals surface area contributed by atoms with Gasteiger partial charge in [0.15, 0.2) is 5.79 Å². The second-order valence-electron chi connectivity index (χ2n) is 4.47. The van der Waals surface area contributed by atoms with Crippen molar-refractivity contribution in [1.82, 2.24) is 0 Å². The van der Waals surface area contributed by atoms with Crippen LogP contribution in [0.4, 0.5) is 0 Å². The van der Waals surface area contributed by atoms with Gasteiger partial charge in [0.1, 0.15) is 0 Å². The number of rotatable bonds is 3. The van der Waals surface area contributed by atoms with E-state index in [2.05, 4.69) is 0 Å². The highest BCUT2D eigenvalue weighted by molar-refractivity contribution is 5.13. The number of hydrogen-bond donors (Lipinski definition) is 2. The van der Waals surface area contributed by atoms with Gasteiger partial charge in [0.25, 0.3) is 0 Å². The molecule has 0 spiro atoms. The molecule has 1 aromatic carbocycles. The largest absolute Gasteiger partial charge is 0.393 e. The van der Waals surface area contributed by atoms with Gasteiger partial charge in [0, 0.05) is 12.8 Å². The van der Waals surface area contributed by atoms with Crippen molar-refractivity contribution in [2.75, 3.05) is 0 Å². The van der Waals surface area contributed by atoms with Gasteiger partial charge in [0.05, 0.1) is 12.7 Å². The lowest BCUT2D eigenvalue weighted by Crippen LogP contribution is -2.39. The SMILES string of the molecule is OC1CCCC(O)(OCc2ccccc2)C1. The Hall–Kier alpha value is -0.900. The van der Waals surface area contributed by atoms with Crippen molar-refractivity contribution >= 4 is 0 Å². The Kier molecular flexibility index (Phi) is 3.59. The molecular weight excluding hydrogens is 204 g/mol. The van der Waals surface area contributed by atoms with Crippen molar-refractivity contribution in [2.45, 2.75) is 44.2 Å². The number of aliphatic hydroxyl groups excluding tert-OH is 1. The number of aliphatic hydroxyl groups is 2. The lowest BCUT2D eigenvalue weighted by molar-refractivity contribution is -0.241. The van der Waals surface area contributed by atoms with Gasteiger partial charge in [-0.15, -0.1) is 0 Å². The van der Waals surface area contributed by atoms with Gasteiger partial charge < -0.3 is 14.9 Å². The summed E-state index contributed by atoms with van der Waals surface area (Å²) >= 11 is 0. The summed E-state index contributed by atoms with van der Waals surface area (Å²) in [7, 11) is 0. The molecule has 0 amide bonds. The number of ether oxygens (including phenoxy) is 1. The minimum atomic E-state index is -1.15. The van der Waals surface area contributed by atoms with Crippen LogP contribution in [0.1, 0.15) is 31.2 Å². The van der Waals surface area contributed by atoms with Crippen LogP contribution in [0, 0.1) is 0 Å². The quantitative estimate of drug-likeness (QED) is 0.767. The molecule has 2 unspecified atom stereocenters. The minimum absolute atomic E-state index is 0.319. The number of benzene rings is 1. The first kappa shape index (κ1) is 11.6. The van der Waals surface area contributed by atoms with E-state index in [9.17, 15) is 10.2 Å². The third-order valence-corrected chi connectivity index (χ3v) is 3.01. The zero-order chi connectivity index (χ0) is 11.4. The Morgan fingerprint density at radius 1 is 1.31 bits per heavy atom. The first-order chi connectivity index (χ1) is 7.68. The Morgan fingerprint density at radius 3 is 2.75 bits per heavy atom. The third-order valence-electron chi connectivity index (χ3n) is 3.01. The Balaban J connectivity index is 1.89. The molecule has 2 N–H and O–H groups in total. The third kappa shape index (κ3) is 3.04. The standard InChI is InChI=1S/C13H18O3/c14-12-7-4-8-13(15,9-12)16-10-11-5-2-1-3-6-11/h1-3,5-6,12,14-15H,4,7-10H2. The van der Waals surface area contributed by atoms with Gasteiger partial charge in [-0.1, -0.05) is 30.3 Å². The molecule has 0 saturated heterocycles. The van der Waals surface area contributed by atoms with E-state index in [1.807, 2.05) is 30.3 Å². The van der Waals surface area contributed by atoms with Crippen LogP contribution in [0.2, 0.25) is 0 Å². The fraction of sp³-hybridized carbons (Fsp3) is 0.538. The summed E-state index contributed by atoms with van der Waals surface area (Å²) in [5.41, 5.74) is 1.04. The average Bonchev–Trinajstić information content (AvgIpc) is 2.28. The van der Waals surface area contributed by atoms with Gasteiger partial charge in [-0.05, 0) is 18.4 Å². The molecule has 1 aliphatic carbocycles. The van der Waals surface area contributed by atoms with Crippen molar-refractivity contribution in [3.63, 3.8) is 0 Å². The highest BCUT2D eigenvalue weighted by atomic mass is 16.6. The molecule has 3 nitrogen and oxygen atoms in total. The van der Waals surface area contributed by atoms with Crippen LogP contribution in [0.15, 0.2) is 30.3 Å². The smallest absolute Gasteiger partial charge is 0.168 e. The van der Waals surface area contributed by atoms with Crippen LogP contribution in [-0.4, -0.2) is 22.1 Å². The van der Waals surface area contributed by atoms with Crippen LogP contribution in [0.5, 0.6) is 0 Å². The van der Waals surface area contributed by atoms with E-state index in [1.54, 1.807) is 0 Å². The first-order valence-corrected chi connectivity index (χ1v) is 5.76. The lowest BCUT2D eigenvalue weighted by atomic mass is 9.92.